The molecule has 0 radical (unpaired) electrons. The second kappa shape index (κ2) is 8.69. The molecule has 0 aliphatic carbocycles. The average molecular weight is 411 g/mol. The second-order valence-electron chi connectivity index (χ2n) is 8.48. The van der Waals surface area contributed by atoms with E-state index in [0.717, 1.165) is 0 Å². The van der Waals surface area contributed by atoms with E-state index in [1.807, 2.05) is 0 Å². The summed E-state index contributed by atoms with van der Waals surface area (Å²) >= 11 is 0. The fraction of sp³-hybridized carbons (Fsp3) is 0.0625. The van der Waals surface area contributed by atoms with Gasteiger partial charge in [0.15, 0.2) is 0 Å². The zero-order valence-corrected chi connectivity index (χ0v) is 18.5. The molecule has 0 amide bonds. The van der Waals surface area contributed by atoms with Crippen LogP contribution in [0.3, 0.4) is 0 Å². The largest absolute Gasteiger partial charge is 0.0622 e. The van der Waals surface area contributed by atoms with E-state index in [1.54, 1.807) is 0 Å². The summed E-state index contributed by atoms with van der Waals surface area (Å²) in [5.74, 6) is 0. The maximum absolute atomic E-state index is 2.32. The first kappa shape index (κ1) is 20.0. The molecule has 0 nitrogen and oxygen atoms in total. The lowest BCUT2D eigenvalue weighted by Gasteiger charge is -2.13. The van der Waals surface area contributed by atoms with Crippen LogP contribution in [0.25, 0.3) is 44.5 Å². The first-order valence-corrected chi connectivity index (χ1v) is 11.1. The Morgan fingerprint density at radius 1 is 0.281 bits per heavy atom. The van der Waals surface area contributed by atoms with Crippen molar-refractivity contribution in [1.29, 1.82) is 0 Å². The highest BCUT2D eigenvalue weighted by Crippen LogP contribution is 2.34. The molecule has 0 aliphatic rings. The standard InChI is InChI=1S/C32H26/c1-23-9-6-13-26(17-23)28-15-8-16-29(19-28)32-21-30(25-11-4-3-5-12-25)20-31(22-32)27-14-7-10-24(2)18-27/h3-22H,1-2H3. The highest BCUT2D eigenvalue weighted by Gasteiger charge is 2.09. The van der Waals surface area contributed by atoms with E-state index in [1.165, 1.54) is 55.6 Å². The molecule has 0 saturated heterocycles. The lowest BCUT2D eigenvalue weighted by atomic mass is 9.91. The molecule has 0 saturated carbocycles. The van der Waals surface area contributed by atoms with Crippen LogP contribution in [0.15, 0.2) is 121 Å². The minimum atomic E-state index is 1.23. The predicted octanol–water partition coefficient (Wildman–Crippen LogP) is 8.97. The molecular formula is C32H26. The van der Waals surface area contributed by atoms with Gasteiger partial charge in [-0.2, -0.15) is 0 Å². The molecule has 0 fully saturated rings. The zero-order valence-electron chi connectivity index (χ0n) is 18.5. The Hall–Kier alpha value is -3.90. The van der Waals surface area contributed by atoms with E-state index in [2.05, 4.69) is 135 Å². The van der Waals surface area contributed by atoms with E-state index < -0.39 is 0 Å². The van der Waals surface area contributed by atoms with E-state index >= 15 is 0 Å². The van der Waals surface area contributed by atoms with Crippen LogP contribution in [0.5, 0.6) is 0 Å². The number of aryl methyl sites for hydroxylation is 2. The topological polar surface area (TPSA) is 0 Å². The molecule has 0 heterocycles. The van der Waals surface area contributed by atoms with Crippen LogP contribution >= 0.6 is 0 Å². The zero-order chi connectivity index (χ0) is 21.9. The molecule has 32 heavy (non-hydrogen) atoms. The third-order valence-electron chi connectivity index (χ3n) is 5.94. The van der Waals surface area contributed by atoms with Crippen LogP contribution in [0.1, 0.15) is 11.1 Å². The van der Waals surface area contributed by atoms with Crippen molar-refractivity contribution >= 4 is 0 Å². The molecule has 5 rings (SSSR count). The smallest absolute Gasteiger partial charge is 0.0171 e. The summed E-state index contributed by atoms with van der Waals surface area (Å²) in [6.07, 6.45) is 0. The van der Waals surface area contributed by atoms with Gasteiger partial charge in [0.05, 0.1) is 0 Å². The number of rotatable bonds is 4. The van der Waals surface area contributed by atoms with Gasteiger partial charge in [-0.1, -0.05) is 108 Å². The van der Waals surface area contributed by atoms with Gasteiger partial charge in [-0.25, -0.2) is 0 Å². The van der Waals surface area contributed by atoms with Crippen molar-refractivity contribution in [2.75, 3.05) is 0 Å². The molecule has 0 bridgehead atoms. The summed E-state index contributed by atoms with van der Waals surface area (Å²) < 4.78 is 0. The molecule has 0 heteroatoms. The van der Waals surface area contributed by atoms with Crippen molar-refractivity contribution in [2.45, 2.75) is 13.8 Å². The first-order chi connectivity index (χ1) is 15.7. The summed E-state index contributed by atoms with van der Waals surface area (Å²) in [7, 11) is 0. The van der Waals surface area contributed by atoms with Crippen LogP contribution in [0.2, 0.25) is 0 Å². The van der Waals surface area contributed by atoms with E-state index in [0.29, 0.717) is 0 Å². The molecule has 0 aliphatic heterocycles. The van der Waals surface area contributed by atoms with Gasteiger partial charge in [0.1, 0.15) is 0 Å². The highest BCUT2D eigenvalue weighted by molar-refractivity contribution is 5.83. The Morgan fingerprint density at radius 2 is 0.625 bits per heavy atom. The van der Waals surface area contributed by atoms with Crippen molar-refractivity contribution < 1.29 is 0 Å². The van der Waals surface area contributed by atoms with Crippen LogP contribution in [0, 0.1) is 13.8 Å². The maximum Gasteiger partial charge on any atom is -0.0171 e. The van der Waals surface area contributed by atoms with Crippen LogP contribution in [0.4, 0.5) is 0 Å². The minimum absolute atomic E-state index is 1.23. The van der Waals surface area contributed by atoms with Crippen LogP contribution in [-0.4, -0.2) is 0 Å². The minimum Gasteiger partial charge on any atom is -0.0622 e. The highest BCUT2D eigenvalue weighted by atomic mass is 14.1. The van der Waals surface area contributed by atoms with Crippen molar-refractivity contribution in [3.8, 4) is 44.5 Å². The van der Waals surface area contributed by atoms with E-state index in [4.69, 9.17) is 0 Å². The predicted molar refractivity (Wildman–Crippen MR) is 138 cm³/mol. The van der Waals surface area contributed by atoms with Crippen LogP contribution < -0.4 is 0 Å². The summed E-state index contributed by atoms with van der Waals surface area (Å²) in [5.41, 5.74) is 12.5. The molecular weight excluding hydrogens is 384 g/mol. The Balaban J connectivity index is 1.67. The van der Waals surface area contributed by atoms with Crippen molar-refractivity contribution in [3.05, 3.63) is 132 Å². The Morgan fingerprint density at radius 3 is 1.16 bits per heavy atom. The van der Waals surface area contributed by atoms with Gasteiger partial charge in [-0.15, -0.1) is 0 Å². The normalized spacial score (nSPS) is 10.8. The third kappa shape index (κ3) is 4.26. The molecule has 0 unspecified atom stereocenters. The van der Waals surface area contributed by atoms with Crippen molar-refractivity contribution in [1.82, 2.24) is 0 Å². The van der Waals surface area contributed by atoms with Crippen molar-refractivity contribution in [3.63, 3.8) is 0 Å². The molecule has 5 aromatic rings. The molecule has 5 aromatic carbocycles. The van der Waals surface area contributed by atoms with Gasteiger partial charge < -0.3 is 0 Å². The molecule has 0 spiro atoms. The molecule has 0 atom stereocenters. The Kier molecular flexibility index (Phi) is 5.44. The maximum atomic E-state index is 2.32. The summed E-state index contributed by atoms with van der Waals surface area (Å²) in [6.45, 7) is 4.29. The first-order valence-electron chi connectivity index (χ1n) is 11.1. The van der Waals surface area contributed by atoms with Gasteiger partial charge >= 0.3 is 0 Å². The van der Waals surface area contributed by atoms with Gasteiger partial charge in [-0.05, 0) is 82.6 Å². The second-order valence-corrected chi connectivity index (χ2v) is 8.48. The average Bonchev–Trinajstić information content (AvgIpc) is 2.84. The van der Waals surface area contributed by atoms with Gasteiger partial charge in [0.25, 0.3) is 0 Å². The molecule has 0 aromatic heterocycles. The summed E-state index contributed by atoms with van der Waals surface area (Å²) in [5, 5.41) is 0. The van der Waals surface area contributed by atoms with Crippen LogP contribution in [-0.2, 0) is 0 Å². The van der Waals surface area contributed by atoms with Gasteiger partial charge in [-0.3, -0.25) is 0 Å². The van der Waals surface area contributed by atoms with Gasteiger partial charge in [0.2, 0.25) is 0 Å². The summed E-state index contributed by atoms with van der Waals surface area (Å²) in [4.78, 5) is 0. The summed E-state index contributed by atoms with van der Waals surface area (Å²) in [6, 6.07) is 43.9. The number of benzene rings is 5. The number of hydrogen-bond acceptors (Lipinski definition) is 0. The lowest BCUT2D eigenvalue weighted by Crippen LogP contribution is -1.87. The Labute approximate surface area is 190 Å². The SMILES string of the molecule is Cc1cccc(-c2cccc(-c3cc(-c4ccccc4)cc(-c4cccc(C)c4)c3)c2)c1. The van der Waals surface area contributed by atoms with E-state index in [9.17, 15) is 0 Å². The molecule has 154 valence electrons. The molecule has 0 N–H and O–H groups in total. The van der Waals surface area contributed by atoms with E-state index in [-0.39, 0.29) is 0 Å². The van der Waals surface area contributed by atoms with Gasteiger partial charge in [0, 0.05) is 0 Å². The van der Waals surface area contributed by atoms with Crippen molar-refractivity contribution in [2.24, 2.45) is 0 Å². The number of hydrogen-bond donors (Lipinski definition) is 0. The fourth-order valence-corrected chi connectivity index (χ4v) is 4.29. The Bertz CT molecular complexity index is 1380. The fourth-order valence-electron chi connectivity index (χ4n) is 4.29. The third-order valence-corrected chi connectivity index (χ3v) is 5.94. The quantitative estimate of drug-likeness (QED) is 0.277. The monoisotopic (exact) mass is 410 g/mol. The lowest BCUT2D eigenvalue weighted by molar-refractivity contribution is 1.46.